The highest BCUT2D eigenvalue weighted by molar-refractivity contribution is 5.94. The van der Waals surface area contributed by atoms with Crippen molar-refractivity contribution in [2.45, 2.75) is 76.7 Å². The molecule has 5 unspecified atom stereocenters. The predicted molar refractivity (Wildman–Crippen MR) is 109 cm³/mol. The summed E-state index contributed by atoms with van der Waals surface area (Å²) in [6, 6.07) is -4.61. The fourth-order valence-corrected chi connectivity index (χ4v) is 3.25. The average Bonchev–Trinajstić information content (AvgIpc) is 3.17. The van der Waals surface area contributed by atoms with Gasteiger partial charge in [0.1, 0.15) is 18.1 Å². The minimum absolute atomic E-state index is 0.158. The van der Waals surface area contributed by atoms with Crippen molar-refractivity contribution < 1.29 is 34.2 Å². The Hall–Kier alpha value is -2.73. The molecule has 5 atom stereocenters. The van der Waals surface area contributed by atoms with Gasteiger partial charge in [-0.3, -0.25) is 19.2 Å². The molecule has 0 aromatic rings. The van der Waals surface area contributed by atoms with Crippen molar-refractivity contribution in [2.75, 3.05) is 6.54 Å². The summed E-state index contributed by atoms with van der Waals surface area (Å²) in [4.78, 5) is 61.7. The van der Waals surface area contributed by atoms with Crippen LogP contribution >= 0.6 is 0 Å². The van der Waals surface area contributed by atoms with Gasteiger partial charge in [0, 0.05) is 13.0 Å². The first kappa shape index (κ1) is 26.3. The quantitative estimate of drug-likeness (QED) is 0.203. The summed E-state index contributed by atoms with van der Waals surface area (Å²) in [5.74, 6) is -4.27. The molecule has 1 heterocycles. The van der Waals surface area contributed by atoms with Gasteiger partial charge in [0.25, 0.3) is 0 Å². The second kappa shape index (κ2) is 11.6. The van der Waals surface area contributed by atoms with Gasteiger partial charge >= 0.3 is 5.97 Å². The van der Waals surface area contributed by atoms with E-state index in [4.69, 9.17) is 11.5 Å². The third-order valence-corrected chi connectivity index (χ3v) is 5.20. The third kappa shape index (κ3) is 7.47. The number of aliphatic hydroxyl groups excluding tert-OH is 1. The molecule has 0 aliphatic carbocycles. The summed E-state index contributed by atoms with van der Waals surface area (Å²) in [6.45, 7) is 4.91. The second-order valence-corrected chi connectivity index (χ2v) is 8.09. The number of rotatable bonds is 11. The highest BCUT2D eigenvalue weighted by Gasteiger charge is 2.39. The van der Waals surface area contributed by atoms with Crippen molar-refractivity contribution in [3.63, 3.8) is 0 Å². The lowest BCUT2D eigenvalue weighted by Crippen LogP contribution is -2.60. The number of carboxylic acids is 1. The van der Waals surface area contributed by atoms with Crippen molar-refractivity contribution in [1.29, 1.82) is 0 Å². The SMILES string of the molecule is CC(C)C(N)C(=O)NC(C(=O)NC(CCC(N)=O)C(=O)N1CCCC1C(=O)O)C(C)O. The van der Waals surface area contributed by atoms with Gasteiger partial charge in [0.15, 0.2) is 0 Å². The first-order valence-corrected chi connectivity index (χ1v) is 10.2. The van der Waals surface area contributed by atoms with Gasteiger partial charge in [-0.2, -0.15) is 0 Å². The summed E-state index contributed by atoms with van der Waals surface area (Å²) in [7, 11) is 0. The van der Waals surface area contributed by atoms with Crippen molar-refractivity contribution in [1.82, 2.24) is 15.5 Å². The van der Waals surface area contributed by atoms with Crippen molar-refractivity contribution in [3.8, 4) is 0 Å². The molecular formula is C19H33N5O7. The number of aliphatic hydroxyl groups is 1. The molecule has 4 amide bonds. The summed E-state index contributed by atoms with van der Waals surface area (Å²) in [5.41, 5.74) is 10.9. The lowest BCUT2D eigenvalue weighted by Gasteiger charge is -2.29. The van der Waals surface area contributed by atoms with Crippen LogP contribution in [0, 0.1) is 5.92 Å². The van der Waals surface area contributed by atoms with Gasteiger partial charge in [-0.25, -0.2) is 4.79 Å². The molecule has 31 heavy (non-hydrogen) atoms. The molecular weight excluding hydrogens is 410 g/mol. The fraction of sp³-hybridized carbons (Fsp3) is 0.737. The minimum Gasteiger partial charge on any atom is -0.480 e. The number of amides is 4. The zero-order valence-electron chi connectivity index (χ0n) is 18.0. The van der Waals surface area contributed by atoms with E-state index in [1.54, 1.807) is 13.8 Å². The Morgan fingerprint density at radius 2 is 1.71 bits per heavy atom. The molecule has 1 rings (SSSR count). The van der Waals surface area contributed by atoms with Crippen LogP contribution in [0.2, 0.25) is 0 Å². The first-order chi connectivity index (χ1) is 14.4. The Morgan fingerprint density at radius 1 is 1.10 bits per heavy atom. The zero-order valence-corrected chi connectivity index (χ0v) is 18.0. The Kier molecular flexibility index (Phi) is 9.85. The standard InChI is InChI=1S/C19H33N5O7/c1-9(2)14(21)16(27)23-15(10(3)25)17(28)22-11(6-7-13(20)26)18(29)24-8-4-5-12(24)19(30)31/h9-12,14-15,25H,4-8,21H2,1-3H3,(H2,20,26)(H,22,28)(H,23,27)(H,30,31). The van der Waals surface area contributed by atoms with Gasteiger partial charge in [0.2, 0.25) is 23.6 Å². The smallest absolute Gasteiger partial charge is 0.326 e. The average molecular weight is 444 g/mol. The zero-order chi connectivity index (χ0) is 23.9. The van der Waals surface area contributed by atoms with Crippen LogP contribution in [-0.2, 0) is 24.0 Å². The Balaban J connectivity index is 3.01. The fourth-order valence-electron chi connectivity index (χ4n) is 3.25. The number of primary amides is 1. The van der Waals surface area contributed by atoms with E-state index in [9.17, 15) is 34.2 Å². The molecule has 0 saturated carbocycles. The summed E-state index contributed by atoms with van der Waals surface area (Å²) in [6.07, 6.45) is -0.940. The number of carbonyl (C=O) groups excluding carboxylic acids is 4. The number of nitrogens with zero attached hydrogens (tertiary/aromatic N) is 1. The lowest BCUT2D eigenvalue weighted by molar-refractivity contribution is -0.149. The molecule has 176 valence electrons. The lowest BCUT2D eigenvalue weighted by atomic mass is 10.0. The van der Waals surface area contributed by atoms with Crippen molar-refractivity contribution in [2.24, 2.45) is 17.4 Å². The Morgan fingerprint density at radius 3 is 2.19 bits per heavy atom. The molecule has 0 aromatic heterocycles. The minimum atomic E-state index is -1.41. The predicted octanol–water partition coefficient (Wildman–Crippen LogP) is -2.34. The maximum atomic E-state index is 12.9. The van der Waals surface area contributed by atoms with Gasteiger partial charge in [-0.05, 0) is 32.1 Å². The van der Waals surface area contributed by atoms with E-state index in [2.05, 4.69) is 10.6 Å². The maximum absolute atomic E-state index is 12.9. The van der Waals surface area contributed by atoms with Crippen LogP contribution in [0.1, 0.15) is 46.5 Å². The monoisotopic (exact) mass is 443 g/mol. The van der Waals surface area contributed by atoms with Gasteiger partial charge in [0.05, 0.1) is 12.1 Å². The van der Waals surface area contributed by atoms with Crippen LogP contribution in [0.5, 0.6) is 0 Å². The van der Waals surface area contributed by atoms with Crippen LogP contribution in [-0.4, -0.2) is 81.5 Å². The molecule has 0 radical (unpaired) electrons. The summed E-state index contributed by atoms with van der Waals surface area (Å²) < 4.78 is 0. The van der Waals surface area contributed by atoms with Crippen LogP contribution in [0.25, 0.3) is 0 Å². The van der Waals surface area contributed by atoms with Crippen LogP contribution in [0.4, 0.5) is 0 Å². The number of aliphatic carboxylic acids is 1. The van der Waals surface area contributed by atoms with Gasteiger partial charge < -0.3 is 37.2 Å². The van der Waals surface area contributed by atoms with E-state index in [-0.39, 0.29) is 31.7 Å². The molecule has 0 aromatic carbocycles. The number of hydrogen-bond donors (Lipinski definition) is 6. The maximum Gasteiger partial charge on any atom is 0.326 e. The molecule has 8 N–H and O–H groups in total. The van der Waals surface area contributed by atoms with Gasteiger partial charge in [-0.15, -0.1) is 0 Å². The summed E-state index contributed by atoms with van der Waals surface area (Å²) in [5, 5.41) is 24.1. The van der Waals surface area contributed by atoms with E-state index in [0.717, 1.165) is 4.90 Å². The van der Waals surface area contributed by atoms with Crippen LogP contribution in [0.15, 0.2) is 0 Å². The molecule has 1 fully saturated rings. The molecule has 0 bridgehead atoms. The van der Waals surface area contributed by atoms with E-state index < -0.39 is 59.9 Å². The number of carboxylic acid groups (broad SMARTS) is 1. The normalized spacial score (nSPS) is 19.9. The van der Waals surface area contributed by atoms with E-state index >= 15 is 0 Å². The Bertz CT molecular complexity index is 697. The van der Waals surface area contributed by atoms with Crippen LogP contribution < -0.4 is 22.1 Å². The van der Waals surface area contributed by atoms with Crippen LogP contribution in [0.3, 0.4) is 0 Å². The number of likely N-dealkylation sites (tertiary alicyclic amines) is 1. The van der Waals surface area contributed by atoms with Crippen molar-refractivity contribution >= 4 is 29.6 Å². The number of nitrogens with two attached hydrogens (primary N) is 2. The number of hydrogen-bond acceptors (Lipinski definition) is 7. The van der Waals surface area contributed by atoms with Gasteiger partial charge in [-0.1, -0.05) is 13.8 Å². The third-order valence-electron chi connectivity index (χ3n) is 5.20. The largest absolute Gasteiger partial charge is 0.480 e. The summed E-state index contributed by atoms with van der Waals surface area (Å²) >= 11 is 0. The number of nitrogens with one attached hydrogen (secondary N) is 2. The second-order valence-electron chi connectivity index (χ2n) is 8.09. The van der Waals surface area contributed by atoms with E-state index in [0.29, 0.717) is 6.42 Å². The first-order valence-electron chi connectivity index (χ1n) is 10.2. The molecule has 1 saturated heterocycles. The Labute approximate surface area is 180 Å². The van der Waals surface area contributed by atoms with E-state index in [1.165, 1.54) is 6.92 Å². The topological polar surface area (TPSA) is 205 Å². The highest BCUT2D eigenvalue weighted by atomic mass is 16.4. The molecule has 12 nitrogen and oxygen atoms in total. The van der Waals surface area contributed by atoms with Crippen molar-refractivity contribution in [3.05, 3.63) is 0 Å². The molecule has 1 aliphatic rings. The molecule has 12 heteroatoms. The molecule has 1 aliphatic heterocycles. The number of carbonyl (C=O) groups is 5. The molecule has 0 spiro atoms. The highest BCUT2D eigenvalue weighted by Crippen LogP contribution is 2.19. The van der Waals surface area contributed by atoms with E-state index in [1.807, 2.05) is 0 Å².